The van der Waals surface area contributed by atoms with Crippen molar-refractivity contribution < 1.29 is 4.79 Å². The second kappa shape index (κ2) is 9.04. The van der Waals surface area contributed by atoms with E-state index in [1.807, 2.05) is 12.1 Å². The van der Waals surface area contributed by atoms with Crippen molar-refractivity contribution in [2.75, 3.05) is 26.2 Å². The van der Waals surface area contributed by atoms with Gasteiger partial charge in [-0.05, 0) is 69.9 Å². The molecule has 1 aromatic carbocycles. The minimum atomic E-state index is 0.0405. The molecule has 1 heterocycles. The third kappa shape index (κ3) is 5.63. The topological polar surface area (TPSA) is 44.4 Å². The Morgan fingerprint density at radius 1 is 1.35 bits per heavy atom. The number of carbonyl (C=O) groups is 1. The number of hydrogen-bond donors (Lipinski definition) is 2. The molecule has 2 rings (SSSR count). The Kier molecular flexibility index (Phi) is 7.06. The van der Waals surface area contributed by atoms with Gasteiger partial charge in [0.15, 0.2) is 0 Å². The quantitative estimate of drug-likeness (QED) is 0.775. The summed E-state index contributed by atoms with van der Waals surface area (Å²) < 4.78 is 0. The standard InChI is InChI=1S/C19H31N3O/c1-4-22(15(2)3)14-17-5-7-18(8-6-17)19(23)21-12-10-16-9-11-20-13-16/h5-8,15-16,20H,4,9-14H2,1-3H3,(H,21,23). The fourth-order valence-corrected chi connectivity index (χ4v) is 3.11. The predicted octanol–water partition coefficient (Wildman–Crippen LogP) is 2.65. The molecule has 1 aliphatic heterocycles. The van der Waals surface area contributed by atoms with Crippen LogP contribution in [-0.4, -0.2) is 43.0 Å². The van der Waals surface area contributed by atoms with E-state index in [4.69, 9.17) is 0 Å². The second-order valence-electron chi connectivity index (χ2n) is 6.76. The molecule has 0 saturated carbocycles. The van der Waals surface area contributed by atoms with Crippen LogP contribution in [0.2, 0.25) is 0 Å². The van der Waals surface area contributed by atoms with Crippen molar-refractivity contribution in [3.05, 3.63) is 35.4 Å². The van der Waals surface area contributed by atoms with Crippen LogP contribution in [0.3, 0.4) is 0 Å². The van der Waals surface area contributed by atoms with Gasteiger partial charge in [-0.15, -0.1) is 0 Å². The second-order valence-corrected chi connectivity index (χ2v) is 6.76. The fraction of sp³-hybridized carbons (Fsp3) is 0.632. The third-order valence-corrected chi connectivity index (χ3v) is 4.74. The molecule has 4 nitrogen and oxygen atoms in total. The Hall–Kier alpha value is -1.39. The van der Waals surface area contributed by atoms with Crippen molar-refractivity contribution in [2.24, 2.45) is 5.92 Å². The van der Waals surface area contributed by atoms with Crippen molar-refractivity contribution in [2.45, 2.75) is 46.2 Å². The Labute approximate surface area is 140 Å². The van der Waals surface area contributed by atoms with Crippen molar-refractivity contribution in [3.8, 4) is 0 Å². The van der Waals surface area contributed by atoms with Gasteiger partial charge in [0.2, 0.25) is 0 Å². The molecule has 23 heavy (non-hydrogen) atoms. The van der Waals surface area contributed by atoms with E-state index in [2.05, 4.69) is 48.4 Å². The van der Waals surface area contributed by atoms with E-state index in [1.165, 1.54) is 12.0 Å². The molecule has 0 radical (unpaired) electrons. The number of rotatable bonds is 8. The van der Waals surface area contributed by atoms with Gasteiger partial charge in [0.25, 0.3) is 5.91 Å². The van der Waals surface area contributed by atoms with E-state index in [9.17, 15) is 4.79 Å². The molecule has 1 saturated heterocycles. The highest BCUT2D eigenvalue weighted by molar-refractivity contribution is 5.94. The van der Waals surface area contributed by atoms with E-state index in [0.29, 0.717) is 12.0 Å². The van der Waals surface area contributed by atoms with Gasteiger partial charge < -0.3 is 10.6 Å². The molecule has 1 amide bonds. The first-order valence-electron chi connectivity index (χ1n) is 8.92. The molecule has 1 atom stereocenters. The maximum Gasteiger partial charge on any atom is 0.251 e. The third-order valence-electron chi connectivity index (χ3n) is 4.74. The fourth-order valence-electron chi connectivity index (χ4n) is 3.11. The summed E-state index contributed by atoms with van der Waals surface area (Å²) in [6.45, 7) is 11.6. The summed E-state index contributed by atoms with van der Waals surface area (Å²) in [5, 5.41) is 6.40. The Morgan fingerprint density at radius 3 is 2.65 bits per heavy atom. The lowest BCUT2D eigenvalue weighted by atomic mass is 10.1. The number of amides is 1. The summed E-state index contributed by atoms with van der Waals surface area (Å²) in [6, 6.07) is 8.56. The molecule has 0 aromatic heterocycles. The molecule has 4 heteroatoms. The molecule has 1 unspecified atom stereocenters. The van der Waals surface area contributed by atoms with Crippen molar-refractivity contribution >= 4 is 5.91 Å². The van der Waals surface area contributed by atoms with Crippen molar-refractivity contribution in [1.29, 1.82) is 0 Å². The van der Waals surface area contributed by atoms with Gasteiger partial charge in [0, 0.05) is 24.7 Å². The van der Waals surface area contributed by atoms with Crippen LogP contribution >= 0.6 is 0 Å². The van der Waals surface area contributed by atoms with Crippen molar-refractivity contribution in [1.82, 2.24) is 15.5 Å². The molecule has 0 aliphatic carbocycles. The summed E-state index contributed by atoms with van der Waals surface area (Å²) in [4.78, 5) is 14.6. The maximum absolute atomic E-state index is 12.2. The summed E-state index contributed by atoms with van der Waals surface area (Å²) in [6.07, 6.45) is 2.30. The van der Waals surface area contributed by atoms with Crippen LogP contribution < -0.4 is 10.6 Å². The zero-order valence-corrected chi connectivity index (χ0v) is 14.8. The first-order chi connectivity index (χ1) is 11.1. The predicted molar refractivity (Wildman–Crippen MR) is 95.6 cm³/mol. The largest absolute Gasteiger partial charge is 0.352 e. The Bertz CT molecular complexity index is 478. The van der Waals surface area contributed by atoms with Crippen molar-refractivity contribution in [3.63, 3.8) is 0 Å². The van der Waals surface area contributed by atoms with Crippen LogP contribution in [0.25, 0.3) is 0 Å². The molecule has 1 aliphatic rings. The summed E-state index contributed by atoms with van der Waals surface area (Å²) in [7, 11) is 0. The van der Waals surface area contributed by atoms with E-state index in [0.717, 1.165) is 44.7 Å². The summed E-state index contributed by atoms with van der Waals surface area (Å²) >= 11 is 0. The lowest BCUT2D eigenvalue weighted by Gasteiger charge is -2.24. The Morgan fingerprint density at radius 2 is 2.09 bits per heavy atom. The number of nitrogens with zero attached hydrogens (tertiary/aromatic N) is 1. The number of hydrogen-bond acceptors (Lipinski definition) is 3. The lowest BCUT2D eigenvalue weighted by molar-refractivity contribution is 0.0951. The van der Waals surface area contributed by atoms with Crippen LogP contribution in [-0.2, 0) is 6.54 Å². The van der Waals surface area contributed by atoms with Crippen LogP contribution in [0.5, 0.6) is 0 Å². The average Bonchev–Trinajstić information content (AvgIpc) is 3.06. The van der Waals surface area contributed by atoms with Gasteiger partial charge >= 0.3 is 0 Å². The smallest absolute Gasteiger partial charge is 0.251 e. The summed E-state index contributed by atoms with van der Waals surface area (Å²) in [5.74, 6) is 0.757. The van der Waals surface area contributed by atoms with Gasteiger partial charge in [-0.25, -0.2) is 0 Å². The van der Waals surface area contributed by atoms with Crippen LogP contribution in [0, 0.1) is 5.92 Å². The average molecular weight is 317 g/mol. The maximum atomic E-state index is 12.2. The van der Waals surface area contributed by atoms with Gasteiger partial charge in [0.05, 0.1) is 0 Å². The van der Waals surface area contributed by atoms with Gasteiger partial charge in [-0.1, -0.05) is 19.1 Å². The molecule has 2 N–H and O–H groups in total. The minimum Gasteiger partial charge on any atom is -0.352 e. The summed E-state index contributed by atoms with van der Waals surface area (Å²) in [5.41, 5.74) is 2.01. The van der Waals surface area contributed by atoms with E-state index < -0.39 is 0 Å². The zero-order valence-electron chi connectivity index (χ0n) is 14.8. The first-order valence-corrected chi connectivity index (χ1v) is 8.92. The highest BCUT2D eigenvalue weighted by Crippen LogP contribution is 2.12. The van der Waals surface area contributed by atoms with Crippen LogP contribution in [0.15, 0.2) is 24.3 Å². The number of carbonyl (C=O) groups excluding carboxylic acids is 1. The number of benzene rings is 1. The molecule has 1 aromatic rings. The molecule has 0 spiro atoms. The van der Waals surface area contributed by atoms with E-state index in [1.54, 1.807) is 0 Å². The zero-order chi connectivity index (χ0) is 16.7. The molecule has 1 fully saturated rings. The monoisotopic (exact) mass is 317 g/mol. The van der Waals surface area contributed by atoms with Gasteiger partial charge in [-0.3, -0.25) is 9.69 Å². The van der Waals surface area contributed by atoms with Crippen LogP contribution in [0.1, 0.15) is 49.5 Å². The SMILES string of the molecule is CCN(Cc1ccc(C(=O)NCCC2CCNC2)cc1)C(C)C. The molecular weight excluding hydrogens is 286 g/mol. The molecule has 128 valence electrons. The normalized spacial score (nSPS) is 17.9. The lowest BCUT2D eigenvalue weighted by Crippen LogP contribution is -2.30. The molecular formula is C19H31N3O. The highest BCUT2D eigenvalue weighted by atomic mass is 16.1. The van der Waals surface area contributed by atoms with Gasteiger partial charge in [-0.2, -0.15) is 0 Å². The van der Waals surface area contributed by atoms with Gasteiger partial charge in [0.1, 0.15) is 0 Å². The number of nitrogens with one attached hydrogen (secondary N) is 2. The van der Waals surface area contributed by atoms with E-state index >= 15 is 0 Å². The van der Waals surface area contributed by atoms with Crippen LogP contribution in [0.4, 0.5) is 0 Å². The minimum absolute atomic E-state index is 0.0405. The Balaban J connectivity index is 1.79. The molecule has 0 bridgehead atoms. The van der Waals surface area contributed by atoms with E-state index in [-0.39, 0.29) is 5.91 Å². The first kappa shape index (κ1) is 18.0. The highest BCUT2D eigenvalue weighted by Gasteiger charge is 2.14.